The van der Waals surface area contributed by atoms with Crippen LogP contribution in [0.4, 0.5) is 23.2 Å². The molecule has 3 rings (SSSR count). The monoisotopic (exact) mass is 470 g/mol. The van der Waals surface area contributed by atoms with Gasteiger partial charge < -0.3 is 14.5 Å². The highest BCUT2D eigenvalue weighted by Gasteiger charge is 2.32. The summed E-state index contributed by atoms with van der Waals surface area (Å²) < 4.78 is 60.9. The SMILES string of the molecule is COc1c(Cl)cc(Cl)cc1C(=O)N1CCN(c2c(F)c(F)c(Cl)c(F)c2F)CC1. The summed E-state index contributed by atoms with van der Waals surface area (Å²) >= 11 is 17.3. The molecule has 1 amide bonds. The molecule has 1 aliphatic heterocycles. The fourth-order valence-corrected chi connectivity index (χ4v) is 3.84. The molecule has 0 spiro atoms. The van der Waals surface area contributed by atoms with Crippen molar-refractivity contribution in [3.05, 3.63) is 56.0 Å². The Morgan fingerprint density at radius 3 is 2.00 bits per heavy atom. The molecule has 1 heterocycles. The molecule has 0 bridgehead atoms. The molecule has 156 valence electrons. The molecule has 11 heteroatoms. The van der Waals surface area contributed by atoms with Crippen molar-refractivity contribution in [2.24, 2.45) is 0 Å². The molecule has 29 heavy (non-hydrogen) atoms. The number of piperazine rings is 1. The number of rotatable bonds is 3. The molecule has 4 nitrogen and oxygen atoms in total. The lowest BCUT2D eigenvalue weighted by atomic mass is 10.1. The third kappa shape index (κ3) is 3.93. The lowest BCUT2D eigenvalue weighted by Crippen LogP contribution is -2.49. The summed E-state index contributed by atoms with van der Waals surface area (Å²) in [5.74, 6) is -6.83. The van der Waals surface area contributed by atoms with E-state index in [2.05, 4.69) is 0 Å². The summed E-state index contributed by atoms with van der Waals surface area (Å²) in [5.41, 5.74) is -0.737. The predicted molar refractivity (Wildman–Crippen MR) is 102 cm³/mol. The van der Waals surface area contributed by atoms with E-state index in [1.807, 2.05) is 0 Å². The van der Waals surface area contributed by atoms with Gasteiger partial charge in [-0.25, -0.2) is 17.6 Å². The van der Waals surface area contributed by atoms with Crippen molar-refractivity contribution in [1.29, 1.82) is 0 Å². The summed E-state index contributed by atoms with van der Waals surface area (Å²) in [6.45, 7) is -0.0961. The van der Waals surface area contributed by atoms with Crippen molar-refractivity contribution in [2.75, 3.05) is 38.2 Å². The van der Waals surface area contributed by atoms with Crippen LogP contribution in [0.3, 0.4) is 0 Å². The molecular weight excluding hydrogens is 459 g/mol. The van der Waals surface area contributed by atoms with Gasteiger partial charge in [0, 0.05) is 31.2 Å². The van der Waals surface area contributed by atoms with Crippen molar-refractivity contribution in [3.63, 3.8) is 0 Å². The summed E-state index contributed by atoms with van der Waals surface area (Å²) in [5, 5.41) is -0.866. The second-order valence-electron chi connectivity index (χ2n) is 6.17. The highest BCUT2D eigenvalue weighted by Crippen LogP contribution is 2.35. The van der Waals surface area contributed by atoms with Crippen LogP contribution in [-0.2, 0) is 0 Å². The van der Waals surface area contributed by atoms with Gasteiger partial charge in [-0.3, -0.25) is 4.79 Å². The van der Waals surface area contributed by atoms with Gasteiger partial charge in [-0.05, 0) is 12.1 Å². The number of anilines is 1. The van der Waals surface area contributed by atoms with Gasteiger partial charge in [0.25, 0.3) is 5.91 Å². The molecule has 0 atom stereocenters. The average molecular weight is 472 g/mol. The zero-order valence-electron chi connectivity index (χ0n) is 14.8. The number of nitrogens with zero attached hydrogens (tertiary/aromatic N) is 2. The number of carbonyl (C=O) groups excluding carboxylic acids is 1. The maximum Gasteiger partial charge on any atom is 0.257 e. The van der Waals surface area contributed by atoms with E-state index in [0.717, 1.165) is 4.90 Å². The quantitative estimate of drug-likeness (QED) is 0.352. The molecule has 0 aliphatic carbocycles. The van der Waals surface area contributed by atoms with Crippen molar-refractivity contribution < 1.29 is 27.1 Å². The van der Waals surface area contributed by atoms with Crippen LogP contribution in [0.1, 0.15) is 10.4 Å². The molecule has 1 saturated heterocycles. The van der Waals surface area contributed by atoms with Gasteiger partial charge in [0.2, 0.25) is 0 Å². The number of hydrogen-bond acceptors (Lipinski definition) is 3. The van der Waals surface area contributed by atoms with Gasteiger partial charge in [-0.1, -0.05) is 34.8 Å². The standard InChI is InChI=1S/C18H13Cl3F4N2O2/c1-29-17-9(6-8(19)7-10(17)20)18(28)27-4-2-26(3-5-27)16-14(24)12(22)11(21)13(23)15(16)25/h6-7H,2-5H2,1H3. The van der Waals surface area contributed by atoms with Crippen LogP contribution in [0.25, 0.3) is 0 Å². The van der Waals surface area contributed by atoms with Crippen LogP contribution in [0.15, 0.2) is 12.1 Å². The first kappa shape index (κ1) is 21.8. The molecule has 1 aliphatic rings. The van der Waals surface area contributed by atoms with Crippen molar-refractivity contribution in [1.82, 2.24) is 4.90 Å². The molecule has 1 fully saturated rings. The number of methoxy groups -OCH3 is 1. The third-order valence-corrected chi connectivity index (χ3v) is 5.34. The third-order valence-electron chi connectivity index (χ3n) is 4.51. The number of halogens is 7. The van der Waals surface area contributed by atoms with Crippen molar-refractivity contribution >= 4 is 46.4 Å². The van der Waals surface area contributed by atoms with E-state index in [4.69, 9.17) is 39.5 Å². The Kier molecular flexibility index (Phi) is 6.36. The predicted octanol–water partition coefficient (Wildman–Crippen LogP) is 5.17. The van der Waals surface area contributed by atoms with Crippen LogP contribution in [-0.4, -0.2) is 44.1 Å². The minimum Gasteiger partial charge on any atom is -0.494 e. The molecule has 0 saturated carbocycles. The Bertz CT molecular complexity index is 953. The van der Waals surface area contributed by atoms with Gasteiger partial charge in [0.1, 0.15) is 16.5 Å². The van der Waals surface area contributed by atoms with E-state index in [-0.39, 0.29) is 47.5 Å². The van der Waals surface area contributed by atoms with Gasteiger partial charge in [0.05, 0.1) is 17.7 Å². The molecule has 0 N–H and O–H groups in total. The van der Waals surface area contributed by atoms with Gasteiger partial charge in [-0.15, -0.1) is 0 Å². The Morgan fingerprint density at radius 1 is 0.931 bits per heavy atom. The molecule has 2 aromatic carbocycles. The van der Waals surface area contributed by atoms with E-state index in [1.165, 1.54) is 24.1 Å². The van der Waals surface area contributed by atoms with E-state index < -0.39 is 39.9 Å². The second-order valence-corrected chi connectivity index (χ2v) is 7.39. The molecule has 0 radical (unpaired) electrons. The van der Waals surface area contributed by atoms with Crippen LogP contribution < -0.4 is 9.64 Å². The van der Waals surface area contributed by atoms with Crippen LogP contribution >= 0.6 is 34.8 Å². The largest absolute Gasteiger partial charge is 0.494 e. The Labute approximate surface area is 178 Å². The first-order valence-electron chi connectivity index (χ1n) is 8.26. The lowest BCUT2D eigenvalue weighted by Gasteiger charge is -2.36. The van der Waals surface area contributed by atoms with E-state index in [0.29, 0.717) is 0 Å². The van der Waals surface area contributed by atoms with E-state index in [1.54, 1.807) is 0 Å². The summed E-state index contributed by atoms with van der Waals surface area (Å²) in [4.78, 5) is 15.3. The van der Waals surface area contributed by atoms with Crippen LogP contribution in [0.2, 0.25) is 15.1 Å². The maximum atomic E-state index is 14.2. The fraction of sp³-hybridized carbons (Fsp3) is 0.278. The second kappa shape index (κ2) is 8.45. The fourth-order valence-electron chi connectivity index (χ4n) is 3.10. The number of carbonyl (C=O) groups is 1. The van der Waals surface area contributed by atoms with Gasteiger partial charge in [0.15, 0.2) is 23.3 Å². The molecular formula is C18H13Cl3F4N2O2. The zero-order chi connectivity index (χ0) is 21.5. The topological polar surface area (TPSA) is 32.8 Å². The normalized spacial score (nSPS) is 14.3. The number of benzene rings is 2. The van der Waals surface area contributed by atoms with Gasteiger partial charge in [-0.2, -0.15) is 0 Å². The molecule has 0 unspecified atom stereocenters. The van der Waals surface area contributed by atoms with Gasteiger partial charge >= 0.3 is 0 Å². The maximum absolute atomic E-state index is 14.2. The smallest absolute Gasteiger partial charge is 0.257 e. The molecule has 2 aromatic rings. The first-order valence-corrected chi connectivity index (χ1v) is 9.39. The highest BCUT2D eigenvalue weighted by atomic mass is 35.5. The van der Waals surface area contributed by atoms with Crippen molar-refractivity contribution in [2.45, 2.75) is 0 Å². The van der Waals surface area contributed by atoms with Crippen molar-refractivity contribution in [3.8, 4) is 5.75 Å². The highest BCUT2D eigenvalue weighted by molar-refractivity contribution is 6.36. The zero-order valence-corrected chi connectivity index (χ0v) is 17.1. The number of hydrogen-bond donors (Lipinski definition) is 0. The van der Waals surface area contributed by atoms with Crippen LogP contribution in [0, 0.1) is 23.3 Å². The van der Waals surface area contributed by atoms with E-state index in [9.17, 15) is 22.4 Å². The van der Waals surface area contributed by atoms with Crippen LogP contribution in [0.5, 0.6) is 5.75 Å². The summed E-state index contributed by atoms with van der Waals surface area (Å²) in [6.07, 6.45) is 0. The molecule has 0 aromatic heterocycles. The van der Waals surface area contributed by atoms with E-state index >= 15 is 0 Å². The Hall–Kier alpha value is -1.90. The minimum absolute atomic E-state index is 0.0247. The summed E-state index contributed by atoms with van der Waals surface area (Å²) in [7, 11) is 1.35. The summed E-state index contributed by atoms with van der Waals surface area (Å²) in [6, 6.07) is 2.82. The Balaban J connectivity index is 1.83. The first-order chi connectivity index (χ1) is 13.7. The Morgan fingerprint density at radius 2 is 1.48 bits per heavy atom. The number of ether oxygens (including phenoxy) is 1. The lowest BCUT2D eigenvalue weighted by molar-refractivity contribution is 0.0743. The number of amides is 1. The minimum atomic E-state index is -1.67. The average Bonchev–Trinajstić information content (AvgIpc) is 2.70.